The number of piperidine rings is 1. The number of hydrogen-bond acceptors (Lipinski definition) is 2. The molecule has 0 spiro atoms. The van der Waals surface area contributed by atoms with Crippen LogP contribution in [0, 0.1) is 5.92 Å². The molecule has 2 N–H and O–H groups in total. The zero-order chi connectivity index (χ0) is 17.2. The molecule has 1 heterocycles. The molecular weight excluding hydrogens is 381 g/mol. The van der Waals surface area contributed by atoms with Gasteiger partial charge in [0, 0.05) is 17.6 Å². The van der Waals surface area contributed by atoms with Crippen molar-refractivity contribution < 1.29 is 27.9 Å². The van der Waals surface area contributed by atoms with Crippen molar-refractivity contribution in [3.05, 3.63) is 28.2 Å². The van der Waals surface area contributed by atoms with Gasteiger partial charge in [0.25, 0.3) is 0 Å². The molecule has 1 atom stereocenters. The molecule has 1 aromatic carbocycles. The van der Waals surface area contributed by atoms with Gasteiger partial charge in [0.2, 0.25) is 0 Å². The lowest BCUT2D eigenvalue weighted by atomic mass is 9.99. The number of halogens is 4. The summed E-state index contributed by atoms with van der Waals surface area (Å²) in [7, 11) is 0. The lowest BCUT2D eigenvalue weighted by Crippen LogP contribution is -2.44. The van der Waals surface area contributed by atoms with Crippen LogP contribution in [-0.4, -0.2) is 35.1 Å². The van der Waals surface area contributed by atoms with E-state index in [0.29, 0.717) is 23.9 Å². The number of alkyl halides is 3. The summed E-state index contributed by atoms with van der Waals surface area (Å²) in [5, 5.41) is 11.4. The van der Waals surface area contributed by atoms with E-state index < -0.39 is 29.7 Å². The van der Waals surface area contributed by atoms with Crippen LogP contribution in [0.2, 0.25) is 0 Å². The molecule has 0 aliphatic carbocycles. The first-order valence-electron chi connectivity index (χ1n) is 6.84. The van der Waals surface area contributed by atoms with E-state index in [1.54, 1.807) is 0 Å². The minimum Gasteiger partial charge on any atom is -0.481 e. The highest BCUT2D eigenvalue weighted by Crippen LogP contribution is 2.34. The van der Waals surface area contributed by atoms with Crippen LogP contribution in [0.15, 0.2) is 22.7 Å². The Morgan fingerprint density at radius 2 is 2.04 bits per heavy atom. The predicted octanol–water partition coefficient (Wildman–Crippen LogP) is 3.80. The standard InChI is InChI=1S/C14H14BrF3N2O3/c15-10-4-3-9(14(16,17)18)6-11(10)19-13(23)20-5-1-2-8(7-20)12(21)22/h3-4,6,8H,1-2,5,7H2,(H,19,23)(H,21,22). The molecule has 1 unspecified atom stereocenters. The van der Waals surface area contributed by atoms with Crippen molar-refractivity contribution in [3.63, 3.8) is 0 Å². The van der Waals surface area contributed by atoms with Gasteiger partial charge in [-0.3, -0.25) is 4.79 Å². The Hall–Kier alpha value is -1.77. The van der Waals surface area contributed by atoms with Gasteiger partial charge >= 0.3 is 18.2 Å². The molecule has 1 saturated heterocycles. The maximum atomic E-state index is 12.7. The monoisotopic (exact) mass is 394 g/mol. The molecular formula is C14H14BrF3N2O3. The number of amides is 2. The summed E-state index contributed by atoms with van der Waals surface area (Å²) in [5.41, 5.74) is -0.889. The highest BCUT2D eigenvalue weighted by molar-refractivity contribution is 9.10. The number of likely N-dealkylation sites (tertiary alicyclic amines) is 1. The molecule has 1 aliphatic heterocycles. The number of nitrogens with zero attached hydrogens (tertiary/aromatic N) is 1. The molecule has 1 aromatic rings. The van der Waals surface area contributed by atoms with Gasteiger partial charge in [-0.15, -0.1) is 0 Å². The SMILES string of the molecule is O=C(O)C1CCCN(C(=O)Nc2cc(C(F)(F)F)ccc2Br)C1. The van der Waals surface area contributed by atoms with Crippen molar-refractivity contribution in [3.8, 4) is 0 Å². The fraction of sp³-hybridized carbons (Fsp3) is 0.429. The third kappa shape index (κ3) is 4.37. The molecule has 23 heavy (non-hydrogen) atoms. The van der Waals surface area contributed by atoms with E-state index in [1.165, 1.54) is 11.0 Å². The fourth-order valence-electron chi connectivity index (χ4n) is 2.35. The molecule has 9 heteroatoms. The van der Waals surface area contributed by atoms with Gasteiger partial charge in [-0.25, -0.2) is 4.79 Å². The number of rotatable bonds is 2. The Balaban J connectivity index is 2.12. The second-order valence-corrected chi connectivity index (χ2v) is 6.10. The maximum Gasteiger partial charge on any atom is 0.416 e. The smallest absolute Gasteiger partial charge is 0.416 e. The average Bonchev–Trinajstić information content (AvgIpc) is 2.48. The molecule has 2 amide bonds. The van der Waals surface area contributed by atoms with Crippen LogP contribution in [0.25, 0.3) is 0 Å². The lowest BCUT2D eigenvalue weighted by molar-refractivity contribution is -0.143. The first-order chi connectivity index (χ1) is 10.7. The first kappa shape index (κ1) is 17.6. The molecule has 0 aromatic heterocycles. The van der Waals surface area contributed by atoms with Crippen LogP contribution in [0.4, 0.5) is 23.7 Å². The average molecular weight is 395 g/mol. The zero-order valence-corrected chi connectivity index (χ0v) is 13.4. The Labute approximate surface area is 138 Å². The Morgan fingerprint density at radius 3 is 2.65 bits per heavy atom. The largest absolute Gasteiger partial charge is 0.481 e. The summed E-state index contributed by atoms with van der Waals surface area (Å²) in [4.78, 5) is 24.5. The number of hydrogen-bond donors (Lipinski definition) is 2. The Bertz CT molecular complexity index is 622. The molecule has 0 saturated carbocycles. The lowest BCUT2D eigenvalue weighted by Gasteiger charge is -2.30. The highest BCUT2D eigenvalue weighted by Gasteiger charge is 2.32. The maximum absolute atomic E-state index is 12.7. The minimum absolute atomic E-state index is 0.0118. The number of anilines is 1. The second kappa shape index (κ2) is 6.77. The first-order valence-corrected chi connectivity index (χ1v) is 7.63. The molecule has 2 rings (SSSR count). The number of nitrogens with one attached hydrogen (secondary N) is 1. The Kier molecular flexibility index (Phi) is 5.18. The quantitative estimate of drug-likeness (QED) is 0.801. The van der Waals surface area contributed by atoms with Crippen LogP contribution in [0.5, 0.6) is 0 Å². The number of urea groups is 1. The van der Waals surface area contributed by atoms with Crippen LogP contribution < -0.4 is 5.32 Å². The number of carboxylic acid groups (broad SMARTS) is 1. The number of carbonyl (C=O) groups excluding carboxylic acids is 1. The summed E-state index contributed by atoms with van der Waals surface area (Å²) < 4.78 is 38.5. The summed E-state index contributed by atoms with van der Waals surface area (Å²) in [6, 6.07) is 2.33. The second-order valence-electron chi connectivity index (χ2n) is 5.25. The van der Waals surface area contributed by atoms with E-state index in [9.17, 15) is 22.8 Å². The van der Waals surface area contributed by atoms with Gasteiger partial charge < -0.3 is 15.3 Å². The molecule has 1 aliphatic rings. The topological polar surface area (TPSA) is 69.6 Å². The van der Waals surface area contributed by atoms with Gasteiger partial charge in [0.15, 0.2) is 0 Å². The van der Waals surface area contributed by atoms with Gasteiger partial charge in [0.05, 0.1) is 17.2 Å². The van der Waals surface area contributed by atoms with E-state index in [4.69, 9.17) is 5.11 Å². The van der Waals surface area contributed by atoms with Crippen LogP contribution in [0.3, 0.4) is 0 Å². The van der Waals surface area contributed by atoms with E-state index >= 15 is 0 Å². The van der Waals surface area contributed by atoms with Gasteiger partial charge in [-0.05, 0) is 47.0 Å². The van der Waals surface area contributed by atoms with Crippen LogP contribution in [-0.2, 0) is 11.0 Å². The number of benzene rings is 1. The third-order valence-electron chi connectivity index (χ3n) is 3.59. The van der Waals surface area contributed by atoms with Crippen molar-refractivity contribution in [2.75, 3.05) is 18.4 Å². The molecule has 5 nitrogen and oxygen atoms in total. The number of carbonyl (C=O) groups is 2. The summed E-state index contributed by atoms with van der Waals surface area (Å²) in [6.45, 7) is 0.407. The molecule has 0 bridgehead atoms. The molecule has 0 radical (unpaired) electrons. The number of carboxylic acids is 1. The zero-order valence-electron chi connectivity index (χ0n) is 11.9. The highest BCUT2D eigenvalue weighted by atomic mass is 79.9. The Morgan fingerprint density at radius 1 is 1.35 bits per heavy atom. The van der Waals surface area contributed by atoms with E-state index in [1.807, 2.05) is 0 Å². The summed E-state index contributed by atoms with van der Waals surface area (Å²) in [6.07, 6.45) is -3.50. The van der Waals surface area contributed by atoms with E-state index in [0.717, 1.165) is 12.1 Å². The fourth-order valence-corrected chi connectivity index (χ4v) is 2.70. The van der Waals surface area contributed by atoms with Gasteiger partial charge in [-0.1, -0.05) is 0 Å². The van der Waals surface area contributed by atoms with Crippen molar-refractivity contribution >= 4 is 33.6 Å². The molecule has 126 valence electrons. The van der Waals surface area contributed by atoms with Crippen molar-refractivity contribution in [1.29, 1.82) is 0 Å². The van der Waals surface area contributed by atoms with Crippen LogP contribution >= 0.6 is 15.9 Å². The minimum atomic E-state index is -4.51. The van der Waals surface area contributed by atoms with Crippen LogP contribution in [0.1, 0.15) is 18.4 Å². The normalized spacial score (nSPS) is 18.6. The van der Waals surface area contributed by atoms with Crippen molar-refractivity contribution in [1.82, 2.24) is 4.90 Å². The molecule has 1 fully saturated rings. The third-order valence-corrected chi connectivity index (χ3v) is 4.28. The van der Waals surface area contributed by atoms with Gasteiger partial charge in [0.1, 0.15) is 0 Å². The van der Waals surface area contributed by atoms with Gasteiger partial charge in [-0.2, -0.15) is 13.2 Å². The van der Waals surface area contributed by atoms with Crippen molar-refractivity contribution in [2.24, 2.45) is 5.92 Å². The summed E-state index contributed by atoms with van der Waals surface area (Å²) >= 11 is 3.09. The van der Waals surface area contributed by atoms with E-state index in [-0.39, 0.29) is 12.2 Å². The van der Waals surface area contributed by atoms with Crippen molar-refractivity contribution in [2.45, 2.75) is 19.0 Å². The number of aliphatic carboxylic acids is 1. The summed E-state index contributed by atoms with van der Waals surface area (Å²) in [5.74, 6) is -1.64. The van der Waals surface area contributed by atoms with E-state index in [2.05, 4.69) is 21.2 Å². The predicted molar refractivity (Wildman–Crippen MR) is 80.1 cm³/mol.